The second kappa shape index (κ2) is 5.69. The molecule has 4 N–H and O–H groups in total. The van der Waals surface area contributed by atoms with Crippen LogP contribution in [0, 0.1) is 0 Å². The first-order chi connectivity index (χ1) is 8.15. The summed E-state index contributed by atoms with van der Waals surface area (Å²) < 4.78 is 0. The highest BCUT2D eigenvalue weighted by Gasteiger charge is 2.26. The Bertz CT molecular complexity index is 264. The van der Waals surface area contributed by atoms with Crippen LogP contribution in [0.3, 0.4) is 0 Å². The number of hydrogen-bond donors (Lipinski definition) is 3. The summed E-state index contributed by atoms with van der Waals surface area (Å²) in [5.74, 6) is 0. The number of aliphatic hydroxyl groups is 1. The van der Waals surface area contributed by atoms with Crippen molar-refractivity contribution in [3.63, 3.8) is 0 Å². The minimum atomic E-state index is -0.309. The Balaban J connectivity index is 1.72. The van der Waals surface area contributed by atoms with Crippen LogP contribution in [-0.2, 0) is 0 Å². The molecule has 2 rings (SSSR count). The third-order valence-corrected chi connectivity index (χ3v) is 3.92. The zero-order chi connectivity index (χ0) is 12.3. The third kappa shape index (κ3) is 3.57. The second-order valence-corrected chi connectivity index (χ2v) is 5.28. The number of nitrogens with two attached hydrogens (primary N) is 1. The first-order valence-corrected chi connectivity index (χ1v) is 6.63. The van der Waals surface area contributed by atoms with Crippen LogP contribution >= 0.6 is 0 Å². The molecule has 0 bridgehead atoms. The van der Waals surface area contributed by atoms with Crippen molar-refractivity contribution in [3.8, 4) is 0 Å². The molecule has 1 saturated carbocycles. The smallest absolute Gasteiger partial charge is 0.314 e. The summed E-state index contributed by atoms with van der Waals surface area (Å²) >= 11 is 0. The predicted octanol–water partition coefficient (Wildman–Crippen LogP) is 0.423. The Labute approximate surface area is 102 Å². The molecule has 0 aromatic rings. The van der Waals surface area contributed by atoms with Gasteiger partial charge in [-0.1, -0.05) is 0 Å². The van der Waals surface area contributed by atoms with Gasteiger partial charge in [0.25, 0.3) is 0 Å². The first kappa shape index (κ1) is 12.6. The number of piperidine rings is 1. The van der Waals surface area contributed by atoms with Crippen LogP contribution in [0.5, 0.6) is 0 Å². The van der Waals surface area contributed by atoms with Gasteiger partial charge >= 0.3 is 6.03 Å². The largest absolute Gasteiger partial charge is 0.393 e. The number of carbonyl (C=O) groups is 1. The Morgan fingerprint density at radius 1 is 1.18 bits per heavy atom. The molecule has 2 fully saturated rings. The van der Waals surface area contributed by atoms with Gasteiger partial charge in [-0.25, -0.2) is 4.79 Å². The molecule has 5 nitrogen and oxygen atoms in total. The number of carbonyl (C=O) groups excluding carboxylic acids is 1. The van der Waals surface area contributed by atoms with Crippen LogP contribution in [0.1, 0.15) is 38.5 Å². The normalized spacial score (nSPS) is 31.5. The number of nitrogens with zero attached hydrogens (tertiary/aromatic N) is 1. The second-order valence-electron chi connectivity index (χ2n) is 5.28. The van der Waals surface area contributed by atoms with Crippen LogP contribution in [0.4, 0.5) is 4.79 Å². The number of amides is 2. The highest BCUT2D eigenvalue weighted by Crippen LogP contribution is 2.20. The van der Waals surface area contributed by atoms with E-state index in [1.807, 2.05) is 0 Å². The van der Waals surface area contributed by atoms with Gasteiger partial charge in [0.15, 0.2) is 0 Å². The molecule has 2 atom stereocenters. The quantitative estimate of drug-likeness (QED) is 0.655. The third-order valence-electron chi connectivity index (χ3n) is 3.92. The molecular weight excluding hydrogens is 218 g/mol. The molecule has 2 amide bonds. The zero-order valence-corrected chi connectivity index (χ0v) is 10.3. The van der Waals surface area contributed by atoms with Crippen molar-refractivity contribution >= 4 is 6.03 Å². The molecule has 0 aromatic carbocycles. The Hall–Kier alpha value is -0.810. The Morgan fingerprint density at radius 3 is 2.47 bits per heavy atom. The average molecular weight is 241 g/mol. The Kier molecular flexibility index (Phi) is 4.23. The van der Waals surface area contributed by atoms with Crippen LogP contribution in [-0.4, -0.2) is 47.3 Å². The lowest BCUT2D eigenvalue weighted by Gasteiger charge is -2.35. The number of primary amides is 1. The van der Waals surface area contributed by atoms with Crippen molar-refractivity contribution in [1.82, 2.24) is 10.2 Å². The van der Waals surface area contributed by atoms with Gasteiger partial charge in [-0.2, -0.15) is 0 Å². The summed E-state index contributed by atoms with van der Waals surface area (Å²) in [5.41, 5.74) is 5.25. The van der Waals surface area contributed by atoms with Crippen molar-refractivity contribution in [3.05, 3.63) is 0 Å². The number of rotatable bonds is 2. The average Bonchev–Trinajstić information content (AvgIpc) is 2.29. The van der Waals surface area contributed by atoms with E-state index in [0.717, 1.165) is 51.6 Å². The monoisotopic (exact) mass is 241 g/mol. The SMILES string of the molecule is NC(=O)N1CCC(NC2CCCC(O)C2)CC1. The van der Waals surface area contributed by atoms with Crippen molar-refractivity contribution in [2.75, 3.05) is 13.1 Å². The van der Waals surface area contributed by atoms with E-state index in [1.165, 1.54) is 0 Å². The lowest BCUT2D eigenvalue weighted by atomic mass is 9.91. The number of likely N-dealkylation sites (tertiary alicyclic amines) is 1. The molecule has 1 saturated heterocycles. The van der Waals surface area contributed by atoms with Gasteiger partial charge in [0.1, 0.15) is 0 Å². The summed E-state index contributed by atoms with van der Waals surface area (Å²) in [7, 11) is 0. The topological polar surface area (TPSA) is 78.6 Å². The minimum absolute atomic E-state index is 0.132. The molecule has 98 valence electrons. The standard InChI is InChI=1S/C12H23N3O2/c13-12(17)15-6-4-9(5-7-15)14-10-2-1-3-11(16)8-10/h9-11,14,16H,1-8H2,(H2,13,17). The van der Waals surface area contributed by atoms with Gasteiger partial charge in [-0.3, -0.25) is 0 Å². The van der Waals surface area contributed by atoms with E-state index in [4.69, 9.17) is 5.73 Å². The van der Waals surface area contributed by atoms with E-state index >= 15 is 0 Å². The molecule has 0 aromatic heterocycles. The van der Waals surface area contributed by atoms with Crippen LogP contribution < -0.4 is 11.1 Å². The van der Waals surface area contributed by atoms with E-state index in [2.05, 4.69) is 5.32 Å². The highest BCUT2D eigenvalue weighted by molar-refractivity contribution is 5.72. The number of urea groups is 1. The first-order valence-electron chi connectivity index (χ1n) is 6.63. The lowest BCUT2D eigenvalue weighted by molar-refractivity contribution is 0.104. The summed E-state index contributed by atoms with van der Waals surface area (Å²) in [4.78, 5) is 12.7. The maximum absolute atomic E-state index is 11.0. The van der Waals surface area contributed by atoms with Crippen molar-refractivity contribution < 1.29 is 9.90 Å². The van der Waals surface area contributed by atoms with Crippen LogP contribution in [0.2, 0.25) is 0 Å². The molecule has 17 heavy (non-hydrogen) atoms. The van der Waals surface area contributed by atoms with Gasteiger partial charge in [-0.15, -0.1) is 0 Å². The Morgan fingerprint density at radius 2 is 1.88 bits per heavy atom. The lowest BCUT2D eigenvalue weighted by Crippen LogP contribution is -2.50. The molecule has 0 radical (unpaired) electrons. The zero-order valence-electron chi connectivity index (χ0n) is 10.3. The van der Waals surface area contributed by atoms with Gasteiger partial charge in [-0.05, 0) is 38.5 Å². The van der Waals surface area contributed by atoms with Crippen molar-refractivity contribution in [2.45, 2.75) is 56.7 Å². The molecule has 2 aliphatic rings. The molecule has 5 heteroatoms. The fraction of sp³-hybridized carbons (Fsp3) is 0.917. The van der Waals surface area contributed by atoms with Gasteiger partial charge in [0, 0.05) is 25.2 Å². The summed E-state index contributed by atoms with van der Waals surface area (Å²) in [5, 5.41) is 13.2. The molecular formula is C12H23N3O2. The van der Waals surface area contributed by atoms with Crippen LogP contribution in [0.25, 0.3) is 0 Å². The summed E-state index contributed by atoms with van der Waals surface area (Å²) in [6, 6.07) is 0.612. The molecule has 2 unspecified atom stereocenters. The van der Waals surface area contributed by atoms with E-state index < -0.39 is 0 Å². The fourth-order valence-electron chi connectivity index (χ4n) is 2.92. The maximum atomic E-state index is 11.0. The molecule has 1 aliphatic carbocycles. The van der Waals surface area contributed by atoms with E-state index in [9.17, 15) is 9.90 Å². The predicted molar refractivity (Wildman–Crippen MR) is 65.6 cm³/mol. The van der Waals surface area contributed by atoms with Crippen LogP contribution in [0.15, 0.2) is 0 Å². The van der Waals surface area contributed by atoms with E-state index in [-0.39, 0.29) is 12.1 Å². The molecule has 1 heterocycles. The number of nitrogens with one attached hydrogen (secondary N) is 1. The summed E-state index contributed by atoms with van der Waals surface area (Å²) in [6.07, 6.45) is 5.89. The summed E-state index contributed by atoms with van der Waals surface area (Å²) in [6.45, 7) is 1.50. The van der Waals surface area contributed by atoms with E-state index in [0.29, 0.717) is 12.1 Å². The van der Waals surface area contributed by atoms with Crippen molar-refractivity contribution in [1.29, 1.82) is 0 Å². The number of hydrogen-bond acceptors (Lipinski definition) is 3. The number of aliphatic hydroxyl groups excluding tert-OH is 1. The minimum Gasteiger partial charge on any atom is -0.393 e. The van der Waals surface area contributed by atoms with Gasteiger partial charge in [0.05, 0.1) is 6.10 Å². The highest BCUT2D eigenvalue weighted by atomic mass is 16.3. The maximum Gasteiger partial charge on any atom is 0.314 e. The fourth-order valence-corrected chi connectivity index (χ4v) is 2.92. The molecule has 0 spiro atoms. The van der Waals surface area contributed by atoms with Gasteiger partial charge < -0.3 is 21.1 Å². The molecule has 1 aliphatic heterocycles. The van der Waals surface area contributed by atoms with E-state index in [1.54, 1.807) is 4.90 Å². The van der Waals surface area contributed by atoms with Gasteiger partial charge in [0.2, 0.25) is 0 Å². The van der Waals surface area contributed by atoms with Crippen molar-refractivity contribution in [2.24, 2.45) is 5.73 Å².